The van der Waals surface area contributed by atoms with Gasteiger partial charge in [-0.1, -0.05) is 0 Å². The topological polar surface area (TPSA) is 72.9 Å². The first-order valence-corrected chi connectivity index (χ1v) is 8.14. The van der Waals surface area contributed by atoms with Gasteiger partial charge in [0.1, 0.15) is 22.7 Å². The van der Waals surface area contributed by atoms with Gasteiger partial charge in [-0.25, -0.2) is 8.42 Å². The lowest BCUT2D eigenvalue weighted by Gasteiger charge is -2.29. The molecular weight excluding hydrogens is 294 g/mol. The molecular formula is C14H19NO5S. The Morgan fingerprint density at radius 3 is 2.67 bits per heavy atom. The quantitative estimate of drug-likeness (QED) is 0.766. The number of nitrogens with zero attached hydrogens (tertiary/aromatic N) is 1. The second kappa shape index (κ2) is 6.44. The molecule has 0 spiro atoms. The fourth-order valence-corrected chi connectivity index (χ4v) is 4.13. The third-order valence-corrected chi connectivity index (χ3v) is 5.49. The minimum atomic E-state index is -3.71. The van der Waals surface area contributed by atoms with E-state index in [0.717, 1.165) is 12.7 Å². The number of sulfonamides is 1. The summed E-state index contributed by atoms with van der Waals surface area (Å²) in [5.41, 5.74) is 0. The molecule has 0 aromatic heterocycles. The number of carbonyl (C=O) groups excluding carboxylic acids is 1. The van der Waals surface area contributed by atoms with Gasteiger partial charge in [0.2, 0.25) is 10.0 Å². The summed E-state index contributed by atoms with van der Waals surface area (Å²) in [5.74, 6) is 0.465. The van der Waals surface area contributed by atoms with Crippen LogP contribution in [0, 0.1) is 5.92 Å². The van der Waals surface area contributed by atoms with Crippen LogP contribution in [0.25, 0.3) is 0 Å². The fraction of sp³-hybridized carbons (Fsp3) is 0.500. The van der Waals surface area contributed by atoms with Gasteiger partial charge in [-0.2, -0.15) is 4.31 Å². The summed E-state index contributed by atoms with van der Waals surface area (Å²) in [5, 5.41) is 0. The lowest BCUT2D eigenvalue weighted by Crippen LogP contribution is -2.40. The first-order valence-electron chi connectivity index (χ1n) is 6.70. The van der Waals surface area contributed by atoms with Crippen molar-refractivity contribution in [3.05, 3.63) is 18.2 Å². The molecule has 1 aliphatic heterocycles. The molecule has 1 saturated heterocycles. The number of piperidine rings is 1. The van der Waals surface area contributed by atoms with Gasteiger partial charge in [-0.3, -0.25) is 0 Å². The SMILES string of the molecule is COc1ccc(OC)c(S(=O)(=O)N2CCCC(C=O)C2)c1. The van der Waals surface area contributed by atoms with Crippen LogP contribution in [0.15, 0.2) is 23.1 Å². The molecule has 0 aliphatic carbocycles. The van der Waals surface area contributed by atoms with E-state index in [1.807, 2.05) is 0 Å². The van der Waals surface area contributed by atoms with Crippen LogP contribution in [0.2, 0.25) is 0 Å². The Balaban J connectivity index is 2.40. The largest absolute Gasteiger partial charge is 0.497 e. The average molecular weight is 313 g/mol. The van der Waals surface area contributed by atoms with Gasteiger partial charge in [0.15, 0.2) is 0 Å². The molecule has 21 heavy (non-hydrogen) atoms. The van der Waals surface area contributed by atoms with Crippen molar-refractivity contribution in [2.75, 3.05) is 27.3 Å². The molecule has 116 valence electrons. The molecule has 1 atom stereocenters. The van der Waals surface area contributed by atoms with Crippen molar-refractivity contribution in [3.8, 4) is 11.5 Å². The molecule has 7 heteroatoms. The zero-order valence-corrected chi connectivity index (χ0v) is 12.9. The highest BCUT2D eigenvalue weighted by atomic mass is 32.2. The van der Waals surface area contributed by atoms with Crippen molar-refractivity contribution in [3.63, 3.8) is 0 Å². The van der Waals surface area contributed by atoms with Crippen LogP contribution in [-0.4, -0.2) is 46.3 Å². The minimum Gasteiger partial charge on any atom is -0.497 e. The van der Waals surface area contributed by atoms with E-state index in [1.165, 1.54) is 24.6 Å². The lowest BCUT2D eigenvalue weighted by atomic mass is 10.0. The molecule has 1 fully saturated rings. The van der Waals surface area contributed by atoms with E-state index in [0.29, 0.717) is 18.7 Å². The Kier molecular flexibility index (Phi) is 4.84. The molecule has 1 heterocycles. The summed E-state index contributed by atoms with van der Waals surface area (Å²) in [6.45, 7) is 0.624. The molecule has 1 aliphatic rings. The van der Waals surface area contributed by atoms with Gasteiger partial charge >= 0.3 is 0 Å². The maximum Gasteiger partial charge on any atom is 0.246 e. The van der Waals surface area contributed by atoms with Crippen LogP contribution in [0.1, 0.15) is 12.8 Å². The van der Waals surface area contributed by atoms with E-state index in [4.69, 9.17) is 9.47 Å². The zero-order chi connectivity index (χ0) is 15.5. The van der Waals surface area contributed by atoms with E-state index in [1.54, 1.807) is 12.1 Å². The van der Waals surface area contributed by atoms with Gasteiger partial charge in [0.25, 0.3) is 0 Å². The van der Waals surface area contributed by atoms with Gasteiger partial charge < -0.3 is 14.3 Å². The van der Waals surface area contributed by atoms with Gasteiger partial charge in [-0.15, -0.1) is 0 Å². The van der Waals surface area contributed by atoms with Gasteiger partial charge in [0, 0.05) is 25.1 Å². The second-order valence-corrected chi connectivity index (χ2v) is 6.82. The number of ether oxygens (including phenoxy) is 2. The molecule has 0 radical (unpaired) electrons. The summed E-state index contributed by atoms with van der Waals surface area (Å²) >= 11 is 0. The monoisotopic (exact) mass is 313 g/mol. The van der Waals surface area contributed by atoms with E-state index in [2.05, 4.69) is 0 Å². The Morgan fingerprint density at radius 1 is 1.29 bits per heavy atom. The maximum atomic E-state index is 12.8. The van der Waals surface area contributed by atoms with Crippen LogP contribution in [-0.2, 0) is 14.8 Å². The van der Waals surface area contributed by atoms with E-state index in [9.17, 15) is 13.2 Å². The van der Waals surface area contributed by atoms with Crippen molar-refractivity contribution >= 4 is 16.3 Å². The Bertz CT molecular complexity index is 614. The number of carbonyl (C=O) groups is 1. The first-order chi connectivity index (χ1) is 10.0. The maximum absolute atomic E-state index is 12.8. The molecule has 2 rings (SSSR count). The van der Waals surface area contributed by atoms with Crippen LogP contribution in [0.4, 0.5) is 0 Å². The van der Waals surface area contributed by atoms with E-state index < -0.39 is 10.0 Å². The summed E-state index contributed by atoms with van der Waals surface area (Å²) in [6, 6.07) is 4.65. The lowest BCUT2D eigenvalue weighted by molar-refractivity contribution is -0.112. The summed E-state index contributed by atoms with van der Waals surface area (Å²) in [4.78, 5) is 11.0. The number of benzene rings is 1. The van der Waals surface area contributed by atoms with Crippen molar-refractivity contribution < 1.29 is 22.7 Å². The summed E-state index contributed by atoms with van der Waals surface area (Å²) < 4.78 is 37.1. The van der Waals surface area contributed by atoms with Crippen LogP contribution < -0.4 is 9.47 Å². The second-order valence-electron chi connectivity index (χ2n) is 4.92. The molecule has 0 amide bonds. The third-order valence-electron chi connectivity index (χ3n) is 3.60. The normalized spacial score (nSPS) is 20.0. The molecule has 1 aromatic rings. The van der Waals surface area contributed by atoms with Crippen molar-refractivity contribution in [1.82, 2.24) is 4.31 Å². The smallest absolute Gasteiger partial charge is 0.246 e. The Morgan fingerprint density at radius 2 is 2.05 bits per heavy atom. The number of aldehydes is 1. The molecule has 1 aromatic carbocycles. The van der Waals surface area contributed by atoms with Crippen molar-refractivity contribution in [2.45, 2.75) is 17.7 Å². The van der Waals surface area contributed by atoms with Crippen molar-refractivity contribution in [2.24, 2.45) is 5.92 Å². The van der Waals surface area contributed by atoms with Gasteiger partial charge in [0.05, 0.1) is 14.2 Å². The third kappa shape index (κ3) is 3.19. The van der Waals surface area contributed by atoms with Gasteiger partial charge in [-0.05, 0) is 25.0 Å². The van der Waals surface area contributed by atoms with Crippen LogP contribution in [0.3, 0.4) is 0 Å². The predicted octanol–water partition coefficient (Wildman–Crippen LogP) is 1.30. The molecule has 0 N–H and O–H groups in total. The standard InChI is InChI=1S/C14H19NO5S/c1-19-12-5-6-13(20-2)14(8-12)21(17,18)15-7-3-4-11(9-15)10-16/h5-6,8,10-11H,3-4,7,9H2,1-2H3. The first kappa shape index (κ1) is 15.8. The minimum absolute atomic E-state index is 0.0656. The number of hydrogen-bond donors (Lipinski definition) is 0. The van der Waals surface area contributed by atoms with E-state index >= 15 is 0 Å². The average Bonchev–Trinajstić information content (AvgIpc) is 2.54. The molecule has 6 nitrogen and oxygen atoms in total. The Hall–Kier alpha value is -1.60. The molecule has 0 bridgehead atoms. The Labute approximate surface area is 124 Å². The van der Waals surface area contributed by atoms with E-state index in [-0.39, 0.29) is 23.1 Å². The fourth-order valence-electron chi connectivity index (χ4n) is 2.43. The summed E-state index contributed by atoms with van der Waals surface area (Å²) in [7, 11) is -0.815. The molecule has 1 unspecified atom stereocenters. The summed E-state index contributed by atoms with van der Waals surface area (Å²) in [6.07, 6.45) is 2.23. The highest BCUT2D eigenvalue weighted by Gasteiger charge is 2.32. The molecule has 0 saturated carbocycles. The highest BCUT2D eigenvalue weighted by molar-refractivity contribution is 7.89. The number of hydrogen-bond acceptors (Lipinski definition) is 5. The highest BCUT2D eigenvalue weighted by Crippen LogP contribution is 2.32. The predicted molar refractivity (Wildman–Crippen MR) is 77.1 cm³/mol. The number of rotatable bonds is 5. The van der Waals surface area contributed by atoms with Crippen molar-refractivity contribution in [1.29, 1.82) is 0 Å². The van der Waals surface area contributed by atoms with Crippen LogP contribution >= 0.6 is 0 Å². The zero-order valence-electron chi connectivity index (χ0n) is 12.1. The van der Waals surface area contributed by atoms with Crippen LogP contribution in [0.5, 0.6) is 11.5 Å². The number of methoxy groups -OCH3 is 2.